The fraction of sp³-hybridized carbons (Fsp3) is 0.250. The summed E-state index contributed by atoms with van der Waals surface area (Å²) < 4.78 is 2.14. The Hall–Kier alpha value is -1.59. The van der Waals surface area contributed by atoms with Gasteiger partial charge in [0.1, 0.15) is 6.33 Å². The van der Waals surface area contributed by atoms with Gasteiger partial charge in [0.05, 0.1) is 0 Å². The van der Waals surface area contributed by atoms with Crippen molar-refractivity contribution in [2.45, 2.75) is 30.8 Å². The molecular weight excluding hydrogens is 298 g/mol. The zero-order valence-corrected chi connectivity index (χ0v) is 13.5. The Morgan fingerprint density at radius 1 is 1.19 bits per heavy atom. The van der Waals surface area contributed by atoms with Crippen LogP contribution in [0.1, 0.15) is 16.0 Å². The second-order valence-electron chi connectivity index (χ2n) is 4.91. The van der Waals surface area contributed by atoms with E-state index in [4.69, 9.17) is 0 Å². The number of aromatic nitrogens is 3. The number of rotatable bonds is 6. The molecule has 0 aliphatic heterocycles. The lowest BCUT2D eigenvalue weighted by atomic mass is 10.2. The minimum Gasteiger partial charge on any atom is -0.308 e. The van der Waals surface area contributed by atoms with Crippen molar-refractivity contribution in [2.75, 3.05) is 0 Å². The summed E-state index contributed by atoms with van der Waals surface area (Å²) >= 11 is 3.54. The molecule has 108 valence electrons. The maximum atomic E-state index is 4.23. The van der Waals surface area contributed by atoms with Crippen molar-refractivity contribution in [3.05, 3.63) is 64.1 Å². The van der Waals surface area contributed by atoms with E-state index in [1.165, 1.54) is 16.0 Å². The SMILES string of the molecule is Cc1ccc(CSc2nncn2CCc2cccs2)cc1. The van der Waals surface area contributed by atoms with Gasteiger partial charge in [-0.25, -0.2) is 0 Å². The van der Waals surface area contributed by atoms with E-state index in [2.05, 4.69) is 63.5 Å². The summed E-state index contributed by atoms with van der Waals surface area (Å²) in [6.07, 6.45) is 2.86. The molecule has 3 aromatic rings. The van der Waals surface area contributed by atoms with Crippen LogP contribution in [-0.2, 0) is 18.7 Å². The molecule has 2 aromatic heterocycles. The molecule has 0 saturated carbocycles. The minimum absolute atomic E-state index is 0.929. The first-order valence-electron chi connectivity index (χ1n) is 6.90. The van der Waals surface area contributed by atoms with Crippen molar-refractivity contribution in [3.63, 3.8) is 0 Å². The van der Waals surface area contributed by atoms with E-state index in [1.807, 2.05) is 6.33 Å². The quantitative estimate of drug-likeness (QED) is 0.639. The Labute approximate surface area is 133 Å². The summed E-state index contributed by atoms with van der Waals surface area (Å²) in [7, 11) is 0. The van der Waals surface area contributed by atoms with Crippen molar-refractivity contribution < 1.29 is 0 Å². The number of aryl methyl sites for hydroxylation is 3. The molecule has 0 radical (unpaired) electrons. The summed E-state index contributed by atoms with van der Waals surface area (Å²) in [6, 6.07) is 12.9. The maximum Gasteiger partial charge on any atom is 0.191 e. The van der Waals surface area contributed by atoms with Crippen LogP contribution in [0.4, 0.5) is 0 Å². The number of thiophene rings is 1. The molecule has 0 amide bonds. The zero-order chi connectivity index (χ0) is 14.5. The molecule has 2 heterocycles. The first-order chi connectivity index (χ1) is 10.3. The van der Waals surface area contributed by atoms with Gasteiger partial charge in [0, 0.05) is 17.2 Å². The predicted octanol–water partition coefficient (Wildman–Crippen LogP) is 4.18. The molecule has 0 bridgehead atoms. The number of hydrogen-bond donors (Lipinski definition) is 0. The molecule has 5 heteroatoms. The number of hydrogen-bond acceptors (Lipinski definition) is 4. The van der Waals surface area contributed by atoms with Crippen LogP contribution in [0.3, 0.4) is 0 Å². The Morgan fingerprint density at radius 2 is 2.05 bits per heavy atom. The van der Waals surface area contributed by atoms with E-state index >= 15 is 0 Å². The van der Waals surface area contributed by atoms with E-state index in [9.17, 15) is 0 Å². The van der Waals surface area contributed by atoms with Gasteiger partial charge in [-0.2, -0.15) is 0 Å². The van der Waals surface area contributed by atoms with E-state index in [0.29, 0.717) is 0 Å². The highest BCUT2D eigenvalue weighted by atomic mass is 32.2. The summed E-state index contributed by atoms with van der Waals surface area (Å²) in [5.74, 6) is 0.929. The molecule has 1 aromatic carbocycles. The number of nitrogens with zero attached hydrogens (tertiary/aromatic N) is 3. The van der Waals surface area contributed by atoms with Crippen LogP contribution >= 0.6 is 23.1 Å². The monoisotopic (exact) mass is 315 g/mol. The van der Waals surface area contributed by atoms with Crippen LogP contribution in [0, 0.1) is 6.92 Å². The Kier molecular flexibility index (Phi) is 4.72. The summed E-state index contributed by atoms with van der Waals surface area (Å²) in [4.78, 5) is 1.40. The van der Waals surface area contributed by atoms with Gasteiger partial charge in [0.15, 0.2) is 5.16 Å². The molecule has 0 fully saturated rings. The largest absolute Gasteiger partial charge is 0.308 e. The lowest BCUT2D eigenvalue weighted by Crippen LogP contribution is -2.01. The normalized spacial score (nSPS) is 10.9. The zero-order valence-electron chi connectivity index (χ0n) is 11.9. The number of thioether (sulfide) groups is 1. The fourth-order valence-electron chi connectivity index (χ4n) is 2.03. The first kappa shape index (κ1) is 14.4. The Balaban J connectivity index is 1.58. The van der Waals surface area contributed by atoms with Gasteiger partial charge in [-0.1, -0.05) is 47.7 Å². The lowest BCUT2D eigenvalue weighted by molar-refractivity contribution is 0.637. The van der Waals surface area contributed by atoms with Gasteiger partial charge >= 0.3 is 0 Å². The third-order valence-corrected chi connectivity index (χ3v) is 5.24. The highest BCUT2D eigenvalue weighted by Crippen LogP contribution is 2.21. The maximum absolute atomic E-state index is 4.23. The van der Waals surface area contributed by atoms with Crippen molar-refractivity contribution >= 4 is 23.1 Å². The van der Waals surface area contributed by atoms with Crippen molar-refractivity contribution in [2.24, 2.45) is 0 Å². The van der Waals surface area contributed by atoms with E-state index in [-0.39, 0.29) is 0 Å². The molecule has 21 heavy (non-hydrogen) atoms. The van der Waals surface area contributed by atoms with Gasteiger partial charge < -0.3 is 4.57 Å². The molecule has 3 rings (SSSR count). The van der Waals surface area contributed by atoms with Crippen molar-refractivity contribution in [3.8, 4) is 0 Å². The standard InChI is InChI=1S/C16H17N3S2/c1-13-4-6-14(7-5-13)11-21-16-18-17-12-19(16)9-8-15-3-2-10-20-15/h2-7,10,12H,8-9,11H2,1H3. The molecule has 0 aliphatic rings. The van der Waals surface area contributed by atoms with Gasteiger partial charge in [-0.3, -0.25) is 0 Å². The third-order valence-electron chi connectivity index (χ3n) is 3.25. The topological polar surface area (TPSA) is 30.7 Å². The Morgan fingerprint density at radius 3 is 2.81 bits per heavy atom. The Bertz CT molecular complexity index is 672. The summed E-state index contributed by atoms with van der Waals surface area (Å²) in [5.41, 5.74) is 2.61. The van der Waals surface area contributed by atoms with Gasteiger partial charge in [-0.05, 0) is 30.4 Å². The van der Waals surface area contributed by atoms with E-state index in [0.717, 1.165) is 23.9 Å². The molecular formula is C16H17N3S2. The second kappa shape index (κ2) is 6.91. The average Bonchev–Trinajstić information content (AvgIpc) is 3.16. The van der Waals surface area contributed by atoms with Gasteiger partial charge in [0.25, 0.3) is 0 Å². The van der Waals surface area contributed by atoms with Gasteiger partial charge in [-0.15, -0.1) is 21.5 Å². The minimum atomic E-state index is 0.929. The first-order valence-corrected chi connectivity index (χ1v) is 8.76. The van der Waals surface area contributed by atoms with Crippen LogP contribution in [-0.4, -0.2) is 14.8 Å². The molecule has 0 atom stereocenters. The highest BCUT2D eigenvalue weighted by Gasteiger charge is 2.06. The predicted molar refractivity (Wildman–Crippen MR) is 88.8 cm³/mol. The smallest absolute Gasteiger partial charge is 0.191 e. The molecule has 0 saturated heterocycles. The van der Waals surface area contributed by atoms with Gasteiger partial charge in [0.2, 0.25) is 0 Å². The average molecular weight is 315 g/mol. The van der Waals surface area contributed by atoms with Crippen LogP contribution in [0.15, 0.2) is 53.3 Å². The second-order valence-corrected chi connectivity index (χ2v) is 6.89. The number of benzene rings is 1. The van der Waals surface area contributed by atoms with Crippen LogP contribution in [0.5, 0.6) is 0 Å². The lowest BCUT2D eigenvalue weighted by Gasteiger charge is -2.05. The molecule has 0 spiro atoms. The molecule has 0 aliphatic carbocycles. The highest BCUT2D eigenvalue weighted by molar-refractivity contribution is 7.98. The van der Waals surface area contributed by atoms with Crippen LogP contribution in [0.2, 0.25) is 0 Å². The van der Waals surface area contributed by atoms with E-state index in [1.54, 1.807) is 23.1 Å². The summed E-state index contributed by atoms with van der Waals surface area (Å²) in [5, 5.41) is 11.4. The van der Waals surface area contributed by atoms with Crippen molar-refractivity contribution in [1.82, 2.24) is 14.8 Å². The van der Waals surface area contributed by atoms with Crippen LogP contribution < -0.4 is 0 Å². The van der Waals surface area contributed by atoms with E-state index < -0.39 is 0 Å². The third kappa shape index (κ3) is 3.95. The van der Waals surface area contributed by atoms with Crippen LogP contribution in [0.25, 0.3) is 0 Å². The fourth-order valence-corrected chi connectivity index (χ4v) is 3.62. The molecule has 3 nitrogen and oxygen atoms in total. The molecule has 0 N–H and O–H groups in total. The van der Waals surface area contributed by atoms with Crippen molar-refractivity contribution in [1.29, 1.82) is 0 Å². The summed E-state index contributed by atoms with van der Waals surface area (Å²) in [6.45, 7) is 3.04. The molecule has 0 unspecified atom stereocenters.